The van der Waals surface area contributed by atoms with Gasteiger partial charge in [-0.25, -0.2) is 4.79 Å². The van der Waals surface area contributed by atoms with Gasteiger partial charge in [0.25, 0.3) is 0 Å². The fraction of sp³-hybridized carbons (Fsp3) is 0.550. The average Bonchev–Trinajstić information content (AvgIpc) is 3.09. The van der Waals surface area contributed by atoms with E-state index in [0.717, 1.165) is 23.9 Å². The molecule has 4 atom stereocenters. The number of nitrogens with zero attached hydrogens (tertiary/aromatic N) is 1. The van der Waals surface area contributed by atoms with Gasteiger partial charge in [-0.3, -0.25) is 0 Å². The normalized spacial score (nSPS) is 29.0. The molecule has 0 aromatic carbocycles. The minimum absolute atomic E-state index is 0. The Labute approximate surface area is 199 Å². The molecule has 2 fully saturated rings. The van der Waals surface area contributed by atoms with Crippen LogP contribution in [0.3, 0.4) is 0 Å². The van der Waals surface area contributed by atoms with E-state index in [2.05, 4.69) is 21.0 Å². The zero-order chi connectivity index (χ0) is 19.2. The standard InChI is InChI=1S/C20H26NO4S2.Y/c1-13-18(24-13)15-12-14(8-9-21(15,2)3)25-19(22)20(23,16-6-4-10-26-16)17-7-5-11-27-17;/h4-7,10-11,13-15,18,23H,8-9,12H2,1-3H3;/q+1;. The Morgan fingerprint density at radius 2 is 1.82 bits per heavy atom. The predicted molar refractivity (Wildman–Crippen MR) is 106 cm³/mol. The summed E-state index contributed by atoms with van der Waals surface area (Å²) >= 11 is 2.73. The van der Waals surface area contributed by atoms with E-state index in [1.165, 1.54) is 22.7 Å². The van der Waals surface area contributed by atoms with E-state index in [-0.39, 0.29) is 51.0 Å². The van der Waals surface area contributed by atoms with Gasteiger partial charge in [-0.15, -0.1) is 22.7 Å². The molecule has 4 unspecified atom stereocenters. The topological polar surface area (TPSA) is 59.1 Å². The first-order valence-electron chi connectivity index (χ1n) is 9.32. The fourth-order valence-electron chi connectivity index (χ4n) is 4.09. The van der Waals surface area contributed by atoms with Crippen LogP contribution in [0.1, 0.15) is 29.5 Å². The molecule has 2 aromatic heterocycles. The second-order valence-electron chi connectivity index (χ2n) is 8.09. The van der Waals surface area contributed by atoms with Gasteiger partial charge in [0.05, 0.1) is 36.5 Å². The molecule has 2 saturated heterocycles. The van der Waals surface area contributed by atoms with Crippen LogP contribution in [0.4, 0.5) is 0 Å². The summed E-state index contributed by atoms with van der Waals surface area (Å²) in [6, 6.07) is 7.57. The number of likely N-dealkylation sites (N-methyl/N-ethyl adjacent to an activating group) is 1. The summed E-state index contributed by atoms with van der Waals surface area (Å²) in [5.74, 6) is -0.576. The van der Waals surface area contributed by atoms with Crippen LogP contribution in [0, 0.1) is 0 Å². The summed E-state index contributed by atoms with van der Waals surface area (Å²) < 4.78 is 12.5. The molecule has 0 aliphatic carbocycles. The van der Waals surface area contributed by atoms with Gasteiger partial charge in [-0.05, 0) is 29.8 Å². The number of carbonyl (C=O) groups is 1. The Balaban J connectivity index is 0.00000225. The van der Waals surface area contributed by atoms with Crippen LogP contribution < -0.4 is 0 Å². The van der Waals surface area contributed by atoms with Crippen LogP contribution in [0.2, 0.25) is 0 Å². The van der Waals surface area contributed by atoms with E-state index in [0.29, 0.717) is 15.8 Å². The number of ether oxygens (including phenoxy) is 2. The third-order valence-electron chi connectivity index (χ3n) is 5.89. The Morgan fingerprint density at radius 1 is 1.25 bits per heavy atom. The molecule has 5 nitrogen and oxygen atoms in total. The quantitative estimate of drug-likeness (QED) is 0.392. The molecule has 2 aromatic rings. The van der Waals surface area contributed by atoms with Crippen LogP contribution in [-0.2, 0) is 52.6 Å². The number of hydrogen-bond donors (Lipinski definition) is 1. The van der Waals surface area contributed by atoms with Crippen molar-refractivity contribution in [1.29, 1.82) is 0 Å². The van der Waals surface area contributed by atoms with Crippen molar-refractivity contribution >= 4 is 28.6 Å². The van der Waals surface area contributed by atoms with E-state index in [1.807, 2.05) is 22.9 Å². The van der Waals surface area contributed by atoms with Crippen LogP contribution in [0.15, 0.2) is 35.0 Å². The van der Waals surface area contributed by atoms with Crippen LogP contribution in [-0.4, -0.2) is 60.6 Å². The van der Waals surface area contributed by atoms with E-state index in [9.17, 15) is 9.90 Å². The van der Waals surface area contributed by atoms with Gasteiger partial charge in [-0.1, -0.05) is 12.1 Å². The van der Waals surface area contributed by atoms with Crippen molar-refractivity contribution in [2.45, 2.75) is 49.7 Å². The van der Waals surface area contributed by atoms with Crippen molar-refractivity contribution in [1.82, 2.24) is 0 Å². The zero-order valence-corrected chi connectivity index (χ0v) is 20.9. The molecule has 0 bridgehead atoms. The number of carbonyl (C=O) groups excluding carboxylic acids is 1. The number of hydrogen-bond acceptors (Lipinski definition) is 6. The van der Waals surface area contributed by atoms with E-state index in [4.69, 9.17) is 9.47 Å². The van der Waals surface area contributed by atoms with Crippen molar-refractivity contribution < 1.29 is 56.6 Å². The van der Waals surface area contributed by atoms with Gasteiger partial charge in [0.2, 0.25) is 5.60 Å². The molecule has 0 amide bonds. The molecule has 4 rings (SSSR count). The Morgan fingerprint density at radius 3 is 2.29 bits per heavy atom. The van der Waals surface area contributed by atoms with Crippen LogP contribution in [0.25, 0.3) is 0 Å². The Kier molecular flexibility index (Phi) is 6.87. The second-order valence-corrected chi connectivity index (χ2v) is 9.99. The fourth-order valence-corrected chi connectivity index (χ4v) is 5.80. The number of thiophene rings is 2. The van der Waals surface area contributed by atoms with Gasteiger partial charge in [-0.2, -0.15) is 0 Å². The van der Waals surface area contributed by atoms with Gasteiger partial charge in [0.1, 0.15) is 18.2 Å². The van der Waals surface area contributed by atoms with Crippen molar-refractivity contribution in [3.05, 3.63) is 44.8 Å². The number of aliphatic hydroxyl groups is 1. The molecule has 0 spiro atoms. The van der Waals surface area contributed by atoms with Crippen molar-refractivity contribution in [3.8, 4) is 0 Å². The molecule has 28 heavy (non-hydrogen) atoms. The van der Waals surface area contributed by atoms with Gasteiger partial charge in [0.15, 0.2) is 0 Å². The summed E-state index contributed by atoms with van der Waals surface area (Å²) in [7, 11) is 4.43. The Bertz CT molecular complexity index is 759. The minimum Gasteiger partial charge on any atom is -0.459 e. The average molecular weight is 497 g/mol. The van der Waals surface area contributed by atoms with E-state index >= 15 is 0 Å². The second kappa shape index (κ2) is 8.54. The summed E-state index contributed by atoms with van der Waals surface area (Å²) in [6.07, 6.45) is 1.86. The first-order chi connectivity index (χ1) is 12.8. The molecule has 2 aliphatic rings. The number of epoxide rings is 1. The Hall–Kier alpha value is -0.146. The first-order valence-corrected chi connectivity index (χ1v) is 11.1. The van der Waals surface area contributed by atoms with E-state index in [1.54, 1.807) is 12.1 Å². The molecular formula is C20H26NO4S2Y+. The maximum absolute atomic E-state index is 13.2. The predicted octanol–water partition coefficient (Wildman–Crippen LogP) is 2.98. The number of piperidine rings is 1. The summed E-state index contributed by atoms with van der Waals surface area (Å²) in [5.41, 5.74) is -1.73. The van der Waals surface area contributed by atoms with Crippen LogP contribution in [0.5, 0.6) is 0 Å². The SMILES string of the molecule is CC1OC1C1CC(OC(=O)C(O)(c2cccs2)c2cccs2)CC[N+]1(C)C.[Y]. The molecular weight excluding hydrogens is 471 g/mol. The molecule has 2 aliphatic heterocycles. The minimum atomic E-state index is -1.73. The molecule has 149 valence electrons. The molecule has 1 radical (unpaired) electrons. The maximum atomic E-state index is 13.2. The zero-order valence-electron chi connectivity index (χ0n) is 16.4. The number of likely N-dealkylation sites (tertiary alicyclic amines) is 1. The monoisotopic (exact) mass is 497 g/mol. The van der Waals surface area contributed by atoms with Gasteiger partial charge in [0, 0.05) is 45.6 Å². The third kappa shape index (κ3) is 4.17. The summed E-state index contributed by atoms with van der Waals surface area (Å²) in [5, 5.41) is 15.1. The smallest absolute Gasteiger partial charge is 0.349 e. The summed E-state index contributed by atoms with van der Waals surface area (Å²) in [6.45, 7) is 3.01. The number of quaternary nitrogens is 1. The molecule has 0 saturated carbocycles. The number of rotatable bonds is 5. The first kappa shape index (κ1) is 22.5. The number of esters is 1. The summed E-state index contributed by atoms with van der Waals surface area (Å²) in [4.78, 5) is 14.3. The molecule has 4 heterocycles. The third-order valence-corrected chi connectivity index (χ3v) is 7.85. The largest absolute Gasteiger partial charge is 0.459 e. The van der Waals surface area contributed by atoms with Crippen LogP contribution >= 0.6 is 22.7 Å². The van der Waals surface area contributed by atoms with Gasteiger partial charge < -0.3 is 19.1 Å². The van der Waals surface area contributed by atoms with E-state index < -0.39 is 11.6 Å². The van der Waals surface area contributed by atoms with Crippen molar-refractivity contribution in [2.75, 3.05) is 20.6 Å². The molecule has 8 heteroatoms. The van der Waals surface area contributed by atoms with Gasteiger partial charge >= 0.3 is 5.97 Å². The maximum Gasteiger partial charge on any atom is 0.349 e. The molecule has 1 N–H and O–H groups in total. The van der Waals surface area contributed by atoms with Crippen molar-refractivity contribution in [3.63, 3.8) is 0 Å². The van der Waals surface area contributed by atoms with Crippen molar-refractivity contribution in [2.24, 2.45) is 0 Å².